The normalized spacial score (nSPS) is 21.1. The van der Waals surface area contributed by atoms with Crippen molar-refractivity contribution in [1.82, 2.24) is 4.31 Å². The number of ether oxygens (including phenoxy) is 1. The molecule has 0 N–H and O–H groups in total. The Morgan fingerprint density at radius 2 is 2.06 bits per heavy atom. The van der Waals surface area contributed by atoms with Crippen LogP contribution in [0.2, 0.25) is 0 Å². The molecule has 0 radical (unpaired) electrons. The van der Waals surface area contributed by atoms with Crippen molar-refractivity contribution in [3.63, 3.8) is 0 Å². The smallest absolute Gasteiger partial charge is 0.228 e. The highest BCUT2D eigenvalue weighted by Crippen LogP contribution is 2.35. The zero-order valence-electron chi connectivity index (χ0n) is 10.2. The Morgan fingerprint density at radius 3 is 2.61 bits per heavy atom. The number of methoxy groups -OCH3 is 1. The first-order valence-electron chi connectivity index (χ1n) is 5.78. The number of alkyl halides is 1. The zero-order valence-corrected chi connectivity index (χ0v) is 11.7. The average Bonchev–Trinajstić information content (AvgIpc) is 2.89. The highest BCUT2D eigenvalue weighted by molar-refractivity contribution is 7.90. The lowest BCUT2D eigenvalue weighted by molar-refractivity contribution is 0.397. The van der Waals surface area contributed by atoms with Crippen LogP contribution in [0.4, 0.5) is 0 Å². The van der Waals surface area contributed by atoms with E-state index in [9.17, 15) is 8.42 Å². The molecule has 6 heteroatoms. The van der Waals surface area contributed by atoms with Gasteiger partial charge in [-0.15, -0.1) is 11.6 Å². The van der Waals surface area contributed by atoms with E-state index < -0.39 is 10.0 Å². The fourth-order valence-corrected chi connectivity index (χ4v) is 3.82. The molecule has 100 valence electrons. The van der Waals surface area contributed by atoms with E-state index in [-0.39, 0.29) is 11.3 Å². The summed E-state index contributed by atoms with van der Waals surface area (Å²) in [7, 11) is -1.74. The largest absolute Gasteiger partial charge is 0.497 e. The van der Waals surface area contributed by atoms with Gasteiger partial charge in [-0.05, 0) is 30.5 Å². The van der Waals surface area contributed by atoms with Gasteiger partial charge in [0.05, 0.1) is 7.11 Å². The number of sulfonamides is 1. The van der Waals surface area contributed by atoms with E-state index in [2.05, 4.69) is 0 Å². The van der Waals surface area contributed by atoms with Crippen molar-refractivity contribution >= 4 is 21.6 Å². The molecule has 18 heavy (non-hydrogen) atoms. The van der Waals surface area contributed by atoms with Gasteiger partial charge in [0.1, 0.15) is 11.0 Å². The Morgan fingerprint density at radius 1 is 1.39 bits per heavy atom. The molecule has 0 aromatic heterocycles. The molecule has 2 rings (SSSR count). The third-order valence-electron chi connectivity index (χ3n) is 3.20. The van der Waals surface area contributed by atoms with Crippen LogP contribution in [0.5, 0.6) is 5.75 Å². The van der Waals surface area contributed by atoms with Crippen molar-refractivity contribution in [2.75, 3.05) is 18.9 Å². The van der Waals surface area contributed by atoms with Crippen molar-refractivity contribution in [1.29, 1.82) is 0 Å². The number of halogens is 1. The van der Waals surface area contributed by atoms with E-state index in [4.69, 9.17) is 16.3 Å². The van der Waals surface area contributed by atoms with Gasteiger partial charge in [0.15, 0.2) is 0 Å². The van der Waals surface area contributed by atoms with Crippen LogP contribution in [-0.4, -0.2) is 31.6 Å². The Kier molecular flexibility index (Phi) is 4.14. The molecule has 4 nitrogen and oxygen atoms in total. The summed E-state index contributed by atoms with van der Waals surface area (Å²) in [6, 6.07) is 7.41. The third-order valence-corrected chi connectivity index (χ3v) is 5.45. The summed E-state index contributed by atoms with van der Waals surface area (Å²) in [5.41, 5.74) is 0.988. The Balaban J connectivity index is 2.26. The van der Waals surface area contributed by atoms with Crippen LogP contribution in [0, 0.1) is 0 Å². The molecular formula is C12H16ClNO3S. The maximum Gasteiger partial charge on any atom is 0.228 e. The number of rotatable bonds is 4. The minimum absolute atomic E-state index is 0.0975. The molecule has 1 heterocycles. The van der Waals surface area contributed by atoms with E-state index in [0.29, 0.717) is 6.54 Å². The number of hydrogen-bond donors (Lipinski definition) is 0. The summed E-state index contributed by atoms with van der Waals surface area (Å²) in [5, 5.41) is -0.361. The van der Waals surface area contributed by atoms with E-state index in [1.165, 1.54) is 4.31 Å². The molecule has 1 atom stereocenters. The van der Waals surface area contributed by atoms with Gasteiger partial charge < -0.3 is 4.74 Å². The van der Waals surface area contributed by atoms with Gasteiger partial charge in [0, 0.05) is 12.6 Å². The lowest BCUT2D eigenvalue weighted by Gasteiger charge is -2.23. The van der Waals surface area contributed by atoms with Gasteiger partial charge in [0.2, 0.25) is 10.0 Å². The standard InChI is InChI=1S/C12H16ClNO3S/c1-17-11-6-4-10(5-7-11)12-3-2-8-14(12)18(15,16)9-13/h4-7,12H,2-3,8-9H2,1H3. The molecular weight excluding hydrogens is 274 g/mol. The van der Waals surface area contributed by atoms with Crippen LogP contribution >= 0.6 is 11.6 Å². The van der Waals surface area contributed by atoms with Crippen LogP contribution in [0.25, 0.3) is 0 Å². The van der Waals surface area contributed by atoms with E-state index in [1.54, 1.807) is 7.11 Å². The fourth-order valence-electron chi connectivity index (χ4n) is 2.29. The molecule has 1 aromatic carbocycles. The van der Waals surface area contributed by atoms with Gasteiger partial charge in [-0.3, -0.25) is 0 Å². The quantitative estimate of drug-likeness (QED) is 0.800. The first kappa shape index (κ1) is 13.6. The second kappa shape index (κ2) is 5.47. The molecule has 0 amide bonds. The summed E-state index contributed by atoms with van der Waals surface area (Å²) in [6.45, 7) is 0.547. The molecule has 0 bridgehead atoms. The first-order valence-corrected chi connectivity index (χ1v) is 7.92. The number of nitrogens with zero attached hydrogens (tertiary/aromatic N) is 1. The summed E-state index contributed by atoms with van der Waals surface area (Å²) in [4.78, 5) is 0. The van der Waals surface area contributed by atoms with Crippen molar-refractivity contribution < 1.29 is 13.2 Å². The zero-order chi connectivity index (χ0) is 13.2. The van der Waals surface area contributed by atoms with Crippen LogP contribution in [0.3, 0.4) is 0 Å². The minimum Gasteiger partial charge on any atom is -0.497 e. The predicted molar refractivity (Wildman–Crippen MR) is 71.3 cm³/mol. The van der Waals surface area contributed by atoms with Gasteiger partial charge in [-0.2, -0.15) is 4.31 Å². The predicted octanol–water partition coefficient (Wildman–Crippen LogP) is 2.36. The van der Waals surface area contributed by atoms with Gasteiger partial charge in [-0.25, -0.2) is 8.42 Å². The fraction of sp³-hybridized carbons (Fsp3) is 0.500. The highest BCUT2D eigenvalue weighted by atomic mass is 35.5. The highest BCUT2D eigenvalue weighted by Gasteiger charge is 2.34. The Bertz CT molecular complexity index is 501. The molecule has 0 spiro atoms. The van der Waals surface area contributed by atoms with Gasteiger partial charge in [0.25, 0.3) is 0 Å². The number of hydrogen-bond acceptors (Lipinski definition) is 3. The second-order valence-electron chi connectivity index (χ2n) is 4.26. The van der Waals surface area contributed by atoms with Crippen molar-refractivity contribution in [3.8, 4) is 5.75 Å². The summed E-state index contributed by atoms with van der Waals surface area (Å²) >= 11 is 5.52. The van der Waals surface area contributed by atoms with Crippen LogP contribution in [0.1, 0.15) is 24.4 Å². The molecule has 1 saturated heterocycles. The van der Waals surface area contributed by atoms with Crippen LogP contribution in [-0.2, 0) is 10.0 Å². The van der Waals surface area contributed by atoms with E-state index in [0.717, 1.165) is 24.2 Å². The summed E-state index contributed by atoms with van der Waals surface area (Å²) in [6.07, 6.45) is 1.70. The molecule has 0 aliphatic carbocycles. The van der Waals surface area contributed by atoms with Crippen molar-refractivity contribution in [2.24, 2.45) is 0 Å². The lowest BCUT2D eigenvalue weighted by Crippen LogP contribution is -2.31. The molecule has 1 aromatic rings. The minimum atomic E-state index is -3.34. The Labute approximate surface area is 113 Å². The summed E-state index contributed by atoms with van der Waals surface area (Å²) < 4.78 is 30.4. The maximum atomic E-state index is 11.9. The summed E-state index contributed by atoms with van der Waals surface area (Å²) in [5.74, 6) is 0.767. The average molecular weight is 290 g/mol. The second-order valence-corrected chi connectivity index (χ2v) is 6.77. The first-order chi connectivity index (χ1) is 8.58. The molecule has 0 saturated carbocycles. The molecule has 1 fully saturated rings. The SMILES string of the molecule is COc1ccc(C2CCCN2S(=O)(=O)CCl)cc1. The molecule has 1 aliphatic heterocycles. The molecule has 1 unspecified atom stereocenters. The van der Waals surface area contributed by atoms with Crippen LogP contribution < -0.4 is 4.74 Å². The van der Waals surface area contributed by atoms with Gasteiger partial charge >= 0.3 is 0 Å². The molecule has 1 aliphatic rings. The lowest BCUT2D eigenvalue weighted by atomic mass is 10.1. The monoisotopic (exact) mass is 289 g/mol. The van der Waals surface area contributed by atoms with E-state index >= 15 is 0 Å². The number of benzene rings is 1. The van der Waals surface area contributed by atoms with Crippen molar-refractivity contribution in [2.45, 2.75) is 18.9 Å². The van der Waals surface area contributed by atoms with Crippen LogP contribution in [0.15, 0.2) is 24.3 Å². The van der Waals surface area contributed by atoms with E-state index in [1.807, 2.05) is 24.3 Å². The Hall–Kier alpha value is -0.780. The van der Waals surface area contributed by atoms with Crippen molar-refractivity contribution in [3.05, 3.63) is 29.8 Å². The maximum absolute atomic E-state index is 11.9. The third kappa shape index (κ3) is 2.63. The topological polar surface area (TPSA) is 46.6 Å². The van der Waals surface area contributed by atoms with Gasteiger partial charge in [-0.1, -0.05) is 12.1 Å².